The molecule has 3 nitrogen and oxygen atoms in total. The SMILES string of the molecule is O=C(O)C(CC1Cc2ccccc2O1)c1cccc(Cl)c1. The number of halogens is 1. The molecule has 2 aromatic carbocycles. The van der Waals surface area contributed by atoms with Crippen LogP contribution in [0.4, 0.5) is 0 Å². The van der Waals surface area contributed by atoms with Crippen molar-refractivity contribution in [3.63, 3.8) is 0 Å². The topological polar surface area (TPSA) is 46.5 Å². The van der Waals surface area contributed by atoms with E-state index < -0.39 is 11.9 Å². The van der Waals surface area contributed by atoms with E-state index >= 15 is 0 Å². The number of fused-ring (bicyclic) bond motifs is 1. The standard InChI is InChI=1S/C17H15ClO3/c18-13-6-3-5-11(8-13)15(17(19)20)10-14-9-12-4-1-2-7-16(12)21-14/h1-8,14-15H,9-10H2,(H,19,20). The van der Waals surface area contributed by atoms with Crippen LogP contribution >= 0.6 is 11.6 Å². The summed E-state index contributed by atoms with van der Waals surface area (Å²) in [5, 5.41) is 10.0. The molecule has 0 fully saturated rings. The maximum absolute atomic E-state index is 11.6. The summed E-state index contributed by atoms with van der Waals surface area (Å²) >= 11 is 5.96. The number of benzene rings is 2. The Morgan fingerprint density at radius 1 is 1.29 bits per heavy atom. The Morgan fingerprint density at radius 3 is 2.81 bits per heavy atom. The molecule has 21 heavy (non-hydrogen) atoms. The lowest BCUT2D eigenvalue weighted by Gasteiger charge is -2.17. The van der Waals surface area contributed by atoms with Gasteiger partial charge in [-0.05, 0) is 29.3 Å². The third-order valence-electron chi connectivity index (χ3n) is 3.76. The minimum atomic E-state index is -0.850. The zero-order chi connectivity index (χ0) is 14.8. The van der Waals surface area contributed by atoms with Gasteiger partial charge >= 0.3 is 5.97 Å². The molecule has 4 heteroatoms. The van der Waals surface area contributed by atoms with Gasteiger partial charge in [-0.2, -0.15) is 0 Å². The van der Waals surface area contributed by atoms with E-state index in [0.29, 0.717) is 11.4 Å². The minimum Gasteiger partial charge on any atom is -0.490 e. The number of rotatable bonds is 4. The van der Waals surface area contributed by atoms with Crippen LogP contribution in [-0.2, 0) is 11.2 Å². The molecule has 108 valence electrons. The zero-order valence-electron chi connectivity index (χ0n) is 11.3. The van der Waals surface area contributed by atoms with Crippen molar-refractivity contribution in [2.24, 2.45) is 0 Å². The van der Waals surface area contributed by atoms with Gasteiger partial charge in [0.1, 0.15) is 11.9 Å². The Labute approximate surface area is 128 Å². The highest BCUT2D eigenvalue weighted by molar-refractivity contribution is 6.30. The molecule has 0 aromatic heterocycles. The minimum absolute atomic E-state index is 0.109. The average Bonchev–Trinajstić information content (AvgIpc) is 2.87. The van der Waals surface area contributed by atoms with Crippen molar-refractivity contribution in [2.45, 2.75) is 24.9 Å². The summed E-state index contributed by atoms with van der Waals surface area (Å²) in [4.78, 5) is 11.6. The smallest absolute Gasteiger partial charge is 0.311 e. The van der Waals surface area contributed by atoms with E-state index in [-0.39, 0.29) is 6.10 Å². The van der Waals surface area contributed by atoms with Gasteiger partial charge in [-0.3, -0.25) is 4.79 Å². The molecule has 2 aromatic rings. The first kappa shape index (κ1) is 14.0. The van der Waals surface area contributed by atoms with E-state index in [1.807, 2.05) is 24.3 Å². The summed E-state index contributed by atoms with van der Waals surface area (Å²) in [5.41, 5.74) is 1.85. The molecule has 0 saturated carbocycles. The molecule has 2 atom stereocenters. The molecule has 0 bridgehead atoms. The molecular formula is C17H15ClO3. The van der Waals surface area contributed by atoms with E-state index in [2.05, 4.69) is 0 Å². The first-order valence-corrected chi connectivity index (χ1v) is 7.24. The van der Waals surface area contributed by atoms with Gasteiger partial charge < -0.3 is 9.84 Å². The first-order chi connectivity index (χ1) is 10.1. The van der Waals surface area contributed by atoms with E-state index in [1.165, 1.54) is 0 Å². The number of hydrogen-bond donors (Lipinski definition) is 1. The van der Waals surface area contributed by atoms with Crippen molar-refractivity contribution in [1.29, 1.82) is 0 Å². The number of carboxylic acid groups (broad SMARTS) is 1. The summed E-state index contributed by atoms with van der Waals surface area (Å²) in [6.45, 7) is 0. The summed E-state index contributed by atoms with van der Waals surface area (Å²) in [6.07, 6.45) is 1.08. The first-order valence-electron chi connectivity index (χ1n) is 6.86. The van der Waals surface area contributed by atoms with Gasteiger partial charge in [-0.1, -0.05) is 41.9 Å². The Kier molecular flexibility index (Phi) is 3.84. The molecule has 0 amide bonds. The number of carbonyl (C=O) groups is 1. The van der Waals surface area contributed by atoms with Gasteiger partial charge in [0.25, 0.3) is 0 Å². The van der Waals surface area contributed by atoms with Crippen molar-refractivity contribution in [2.75, 3.05) is 0 Å². The number of ether oxygens (including phenoxy) is 1. The van der Waals surface area contributed by atoms with E-state index in [0.717, 1.165) is 23.3 Å². The number of aliphatic carboxylic acids is 1. The summed E-state index contributed by atoms with van der Waals surface area (Å²) < 4.78 is 5.84. The summed E-state index contributed by atoms with van der Waals surface area (Å²) in [7, 11) is 0. The molecule has 3 rings (SSSR count). The second-order valence-electron chi connectivity index (χ2n) is 5.23. The number of para-hydroxylation sites is 1. The van der Waals surface area contributed by atoms with Gasteiger partial charge in [-0.25, -0.2) is 0 Å². The van der Waals surface area contributed by atoms with Crippen molar-refractivity contribution >= 4 is 17.6 Å². The van der Waals surface area contributed by atoms with E-state index in [4.69, 9.17) is 16.3 Å². The Bertz CT molecular complexity index is 644. The molecule has 1 heterocycles. The maximum Gasteiger partial charge on any atom is 0.311 e. The Hall–Kier alpha value is -2.00. The average molecular weight is 303 g/mol. The van der Waals surface area contributed by atoms with Crippen LogP contribution in [0, 0.1) is 0 Å². The van der Waals surface area contributed by atoms with Gasteiger partial charge in [0, 0.05) is 17.9 Å². The van der Waals surface area contributed by atoms with Crippen molar-refractivity contribution in [3.05, 3.63) is 64.7 Å². The van der Waals surface area contributed by atoms with Crippen LogP contribution in [0.25, 0.3) is 0 Å². The second-order valence-corrected chi connectivity index (χ2v) is 5.67. The van der Waals surface area contributed by atoms with Gasteiger partial charge in [0.15, 0.2) is 0 Å². The fourth-order valence-electron chi connectivity index (χ4n) is 2.75. The molecule has 1 aliphatic rings. The fraction of sp³-hybridized carbons (Fsp3) is 0.235. The highest BCUT2D eigenvalue weighted by atomic mass is 35.5. The predicted octanol–water partition coefficient (Wildman–Crippen LogP) is 3.90. The van der Waals surface area contributed by atoms with Crippen LogP contribution < -0.4 is 4.74 Å². The summed E-state index contributed by atoms with van der Waals surface area (Å²) in [5.74, 6) is -0.599. The second kappa shape index (κ2) is 5.78. The van der Waals surface area contributed by atoms with E-state index in [1.54, 1.807) is 24.3 Å². The largest absolute Gasteiger partial charge is 0.490 e. The lowest BCUT2D eigenvalue weighted by Crippen LogP contribution is -2.22. The van der Waals surface area contributed by atoms with Crippen LogP contribution in [-0.4, -0.2) is 17.2 Å². The summed E-state index contributed by atoms with van der Waals surface area (Å²) in [6, 6.07) is 14.9. The van der Waals surface area contributed by atoms with Crippen molar-refractivity contribution in [1.82, 2.24) is 0 Å². The lowest BCUT2D eigenvalue weighted by atomic mass is 9.92. The monoisotopic (exact) mass is 302 g/mol. The molecule has 1 N–H and O–H groups in total. The van der Waals surface area contributed by atoms with Crippen LogP contribution in [0.2, 0.25) is 5.02 Å². The molecule has 2 unspecified atom stereocenters. The van der Waals surface area contributed by atoms with Gasteiger partial charge in [-0.15, -0.1) is 0 Å². The van der Waals surface area contributed by atoms with Crippen LogP contribution in [0.1, 0.15) is 23.5 Å². The Morgan fingerprint density at radius 2 is 2.10 bits per heavy atom. The molecular weight excluding hydrogens is 288 g/mol. The predicted molar refractivity (Wildman–Crippen MR) is 81.0 cm³/mol. The third kappa shape index (κ3) is 3.03. The normalized spacial score (nSPS) is 17.9. The zero-order valence-corrected chi connectivity index (χ0v) is 12.1. The van der Waals surface area contributed by atoms with Crippen LogP contribution in [0.3, 0.4) is 0 Å². The van der Waals surface area contributed by atoms with E-state index in [9.17, 15) is 9.90 Å². The highest BCUT2D eigenvalue weighted by Crippen LogP contribution is 2.33. The lowest BCUT2D eigenvalue weighted by molar-refractivity contribution is -0.139. The Balaban J connectivity index is 1.77. The third-order valence-corrected chi connectivity index (χ3v) is 4.00. The van der Waals surface area contributed by atoms with Crippen LogP contribution in [0.5, 0.6) is 5.75 Å². The number of hydrogen-bond acceptors (Lipinski definition) is 2. The quantitative estimate of drug-likeness (QED) is 0.931. The molecule has 1 aliphatic heterocycles. The highest BCUT2D eigenvalue weighted by Gasteiger charge is 2.29. The maximum atomic E-state index is 11.6. The van der Waals surface area contributed by atoms with Crippen molar-refractivity contribution in [3.8, 4) is 5.75 Å². The molecule has 0 aliphatic carbocycles. The number of carboxylic acids is 1. The molecule has 0 radical (unpaired) electrons. The molecule has 0 saturated heterocycles. The van der Waals surface area contributed by atoms with Crippen molar-refractivity contribution < 1.29 is 14.6 Å². The van der Waals surface area contributed by atoms with Crippen LogP contribution in [0.15, 0.2) is 48.5 Å². The van der Waals surface area contributed by atoms with Gasteiger partial charge in [0.2, 0.25) is 0 Å². The molecule has 0 spiro atoms. The fourth-order valence-corrected chi connectivity index (χ4v) is 2.95. The van der Waals surface area contributed by atoms with Gasteiger partial charge in [0.05, 0.1) is 5.92 Å².